The Hall–Kier alpha value is -1.11. The van der Waals surface area contributed by atoms with Gasteiger partial charge in [0, 0.05) is 15.3 Å². The molecule has 0 spiro atoms. The van der Waals surface area contributed by atoms with Gasteiger partial charge in [-0.25, -0.2) is 4.98 Å². The molecule has 0 aliphatic rings. The molecule has 0 fully saturated rings. The second kappa shape index (κ2) is 5.35. The maximum atomic E-state index is 12.5. The van der Waals surface area contributed by atoms with Crippen LogP contribution in [0.4, 0.5) is 13.2 Å². The molecule has 7 heteroatoms. The van der Waals surface area contributed by atoms with Gasteiger partial charge in [-0.1, -0.05) is 17.7 Å². The minimum atomic E-state index is -4.55. The van der Waals surface area contributed by atoms with Crippen LogP contribution in [0.25, 0.3) is 0 Å². The zero-order valence-corrected chi connectivity index (χ0v) is 12.2. The van der Waals surface area contributed by atoms with Crippen LogP contribution in [0.15, 0.2) is 18.2 Å². The third-order valence-electron chi connectivity index (χ3n) is 2.92. The monoisotopic (exact) mass is 321 g/mol. The smallest absolute Gasteiger partial charge is 0.383 e. The van der Waals surface area contributed by atoms with Gasteiger partial charge < -0.3 is 5.11 Å². The van der Waals surface area contributed by atoms with Gasteiger partial charge in [-0.05, 0) is 31.5 Å². The van der Waals surface area contributed by atoms with Gasteiger partial charge in [0.05, 0.1) is 0 Å². The molecule has 0 saturated heterocycles. The molecule has 0 aliphatic carbocycles. The Balaban J connectivity index is 2.38. The van der Waals surface area contributed by atoms with E-state index in [0.717, 1.165) is 22.6 Å². The van der Waals surface area contributed by atoms with Gasteiger partial charge in [-0.15, -0.1) is 11.3 Å². The van der Waals surface area contributed by atoms with Gasteiger partial charge in [0.2, 0.25) is 0 Å². The van der Waals surface area contributed by atoms with Crippen LogP contribution in [0.2, 0.25) is 5.15 Å². The third kappa shape index (κ3) is 2.97. The number of alkyl halides is 3. The molecule has 1 unspecified atom stereocenters. The number of thiophene rings is 1. The zero-order chi connectivity index (χ0) is 15.1. The molecular weight excluding hydrogens is 311 g/mol. The molecule has 2 aromatic rings. The summed E-state index contributed by atoms with van der Waals surface area (Å²) in [6.45, 7) is 3.80. The highest BCUT2D eigenvalue weighted by molar-refractivity contribution is 7.12. The lowest BCUT2D eigenvalue weighted by Crippen LogP contribution is -2.09. The van der Waals surface area contributed by atoms with Gasteiger partial charge in [-0.3, -0.25) is 0 Å². The minimum absolute atomic E-state index is 0.168. The van der Waals surface area contributed by atoms with E-state index in [-0.39, 0.29) is 10.7 Å². The first-order chi connectivity index (χ1) is 9.20. The minimum Gasteiger partial charge on any atom is -0.383 e. The standard InChI is InChI=1S/C13H11ClF3NOS/c1-6-5-9(20-7(6)2)11(19)8-3-4-10(13(15,16)17)18-12(8)14/h3-5,11,19H,1-2H3. The van der Waals surface area contributed by atoms with Crippen LogP contribution in [0, 0.1) is 13.8 Å². The Morgan fingerprint density at radius 1 is 1.30 bits per heavy atom. The van der Waals surface area contributed by atoms with E-state index in [1.807, 2.05) is 13.8 Å². The van der Waals surface area contributed by atoms with Crippen molar-refractivity contribution >= 4 is 22.9 Å². The molecule has 1 N–H and O–H groups in total. The van der Waals surface area contributed by atoms with E-state index in [1.54, 1.807) is 6.07 Å². The summed E-state index contributed by atoms with van der Waals surface area (Å²) in [7, 11) is 0. The van der Waals surface area contributed by atoms with Crippen molar-refractivity contribution in [1.29, 1.82) is 0 Å². The summed E-state index contributed by atoms with van der Waals surface area (Å²) < 4.78 is 37.5. The second-order valence-electron chi connectivity index (χ2n) is 4.36. The highest BCUT2D eigenvalue weighted by Crippen LogP contribution is 2.35. The predicted octanol–water partition coefficient (Wildman–Crippen LogP) is 4.51. The number of halogens is 4. The Kier molecular flexibility index (Phi) is 4.09. The molecule has 0 aliphatic heterocycles. The number of pyridine rings is 1. The van der Waals surface area contributed by atoms with Crippen LogP contribution in [0.1, 0.15) is 32.7 Å². The number of aryl methyl sites for hydroxylation is 2. The first-order valence-corrected chi connectivity index (χ1v) is 6.88. The van der Waals surface area contributed by atoms with E-state index < -0.39 is 18.0 Å². The van der Waals surface area contributed by atoms with Gasteiger partial charge >= 0.3 is 6.18 Å². The summed E-state index contributed by atoms with van der Waals surface area (Å²) in [5, 5.41) is 9.87. The Morgan fingerprint density at radius 2 is 1.95 bits per heavy atom. The summed E-state index contributed by atoms with van der Waals surface area (Å²) >= 11 is 7.14. The fourth-order valence-electron chi connectivity index (χ4n) is 1.70. The quantitative estimate of drug-likeness (QED) is 0.825. The third-order valence-corrected chi connectivity index (χ3v) is 4.42. The van der Waals surface area contributed by atoms with Crippen LogP contribution in [0.5, 0.6) is 0 Å². The number of aromatic nitrogens is 1. The highest BCUT2D eigenvalue weighted by Gasteiger charge is 2.33. The lowest BCUT2D eigenvalue weighted by molar-refractivity contribution is -0.141. The van der Waals surface area contributed by atoms with Crippen LogP contribution in [-0.2, 0) is 6.18 Å². The maximum Gasteiger partial charge on any atom is 0.433 e. The average molecular weight is 322 g/mol. The second-order valence-corrected chi connectivity index (χ2v) is 6.01. The molecule has 0 saturated carbocycles. The van der Waals surface area contributed by atoms with Crippen molar-refractivity contribution in [3.63, 3.8) is 0 Å². The SMILES string of the molecule is Cc1cc(C(O)c2ccc(C(F)(F)F)nc2Cl)sc1C. The molecule has 2 rings (SSSR count). The molecule has 2 aromatic heterocycles. The number of rotatable bonds is 2. The van der Waals surface area contributed by atoms with Crippen molar-refractivity contribution in [1.82, 2.24) is 4.98 Å². The Morgan fingerprint density at radius 3 is 2.40 bits per heavy atom. The normalized spacial score (nSPS) is 13.6. The van der Waals surface area contributed by atoms with Gasteiger partial charge in [0.15, 0.2) is 0 Å². The van der Waals surface area contributed by atoms with E-state index in [0.29, 0.717) is 4.88 Å². The number of nitrogens with zero attached hydrogens (tertiary/aromatic N) is 1. The summed E-state index contributed by atoms with van der Waals surface area (Å²) in [5.41, 5.74) is 0.109. The van der Waals surface area contributed by atoms with E-state index in [9.17, 15) is 18.3 Å². The average Bonchev–Trinajstić information content (AvgIpc) is 2.67. The maximum absolute atomic E-state index is 12.5. The Labute approximate surface area is 122 Å². The number of hydrogen-bond acceptors (Lipinski definition) is 3. The molecule has 2 nitrogen and oxygen atoms in total. The summed E-state index contributed by atoms with van der Waals surface area (Å²) in [5.74, 6) is 0. The molecule has 20 heavy (non-hydrogen) atoms. The summed E-state index contributed by atoms with van der Waals surface area (Å²) in [4.78, 5) is 4.97. The van der Waals surface area contributed by atoms with Crippen molar-refractivity contribution in [2.45, 2.75) is 26.1 Å². The van der Waals surface area contributed by atoms with E-state index in [2.05, 4.69) is 4.98 Å². The van der Waals surface area contributed by atoms with Crippen LogP contribution in [0.3, 0.4) is 0 Å². The molecular formula is C13H11ClF3NOS. The lowest BCUT2D eigenvalue weighted by Gasteiger charge is -2.12. The topological polar surface area (TPSA) is 33.1 Å². The Bertz CT molecular complexity index is 620. The molecule has 0 aromatic carbocycles. The van der Waals surface area contributed by atoms with E-state index >= 15 is 0 Å². The lowest BCUT2D eigenvalue weighted by atomic mass is 10.1. The number of aliphatic hydroxyl groups is 1. The van der Waals surface area contributed by atoms with Crippen molar-refractivity contribution < 1.29 is 18.3 Å². The molecule has 108 valence electrons. The first-order valence-electron chi connectivity index (χ1n) is 5.68. The first kappa shape index (κ1) is 15.3. The number of hydrogen-bond donors (Lipinski definition) is 1. The predicted molar refractivity (Wildman–Crippen MR) is 72.1 cm³/mol. The largest absolute Gasteiger partial charge is 0.433 e. The van der Waals surface area contributed by atoms with Crippen molar-refractivity contribution in [3.05, 3.63) is 49.9 Å². The van der Waals surface area contributed by atoms with E-state index in [1.165, 1.54) is 11.3 Å². The van der Waals surface area contributed by atoms with Gasteiger partial charge in [-0.2, -0.15) is 13.2 Å². The summed E-state index contributed by atoms with van der Waals surface area (Å²) in [6.07, 6.45) is -5.63. The highest BCUT2D eigenvalue weighted by atomic mass is 35.5. The molecule has 0 amide bonds. The van der Waals surface area contributed by atoms with Crippen LogP contribution < -0.4 is 0 Å². The van der Waals surface area contributed by atoms with Crippen LogP contribution >= 0.6 is 22.9 Å². The van der Waals surface area contributed by atoms with Gasteiger partial charge in [0.25, 0.3) is 0 Å². The molecule has 0 bridgehead atoms. The van der Waals surface area contributed by atoms with E-state index in [4.69, 9.17) is 11.6 Å². The summed E-state index contributed by atoms with van der Waals surface area (Å²) in [6, 6.07) is 3.77. The number of aliphatic hydroxyl groups excluding tert-OH is 1. The van der Waals surface area contributed by atoms with Crippen molar-refractivity contribution in [2.75, 3.05) is 0 Å². The van der Waals surface area contributed by atoms with Gasteiger partial charge in [0.1, 0.15) is 17.0 Å². The zero-order valence-electron chi connectivity index (χ0n) is 10.6. The molecule has 0 radical (unpaired) electrons. The fourth-order valence-corrected chi connectivity index (χ4v) is 3.00. The molecule has 2 heterocycles. The van der Waals surface area contributed by atoms with Crippen molar-refractivity contribution in [2.24, 2.45) is 0 Å². The van der Waals surface area contributed by atoms with Crippen LogP contribution in [-0.4, -0.2) is 10.1 Å². The fraction of sp³-hybridized carbons (Fsp3) is 0.308. The van der Waals surface area contributed by atoms with Crippen molar-refractivity contribution in [3.8, 4) is 0 Å². The molecule has 1 atom stereocenters.